The topological polar surface area (TPSA) is 0 Å². The zero-order chi connectivity index (χ0) is 0. The van der Waals surface area contributed by atoms with Crippen molar-refractivity contribution in [2.24, 2.45) is 0 Å². The molecule has 0 aliphatic heterocycles. The third-order valence-electron chi connectivity index (χ3n) is 0. The largest absolute Gasteiger partial charge is 0.153 e. The van der Waals surface area contributed by atoms with E-state index in [9.17, 15) is 0 Å². The molecule has 1 atom stereocenters. The molecule has 4 heteroatoms. The Labute approximate surface area is 59.3 Å². The number of rotatable bonds is 0. The SMILES string of the molecule is P.[Ni].[Ni].[Ni]. The molecule has 0 bridgehead atoms. The Balaban J connectivity index is 0. The van der Waals surface area contributed by atoms with Crippen LogP contribution >= 0.6 is 9.90 Å². The molecule has 0 spiro atoms. The fourth-order valence-corrected chi connectivity index (χ4v) is 0. The van der Waals surface area contributed by atoms with Crippen LogP contribution in [-0.2, 0) is 49.5 Å². The van der Waals surface area contributed by atoms with Crippen molar-refractivity contribution in [3.63, 3.8) is 0 Å². The molecular formula is H3Ni3P. The zero-order valence-electron chi connectivity index (χ0n) is 1.66. The molecule has 0 aromatic heterocycles. The zero-order valence-corrected chi connectivity index (χ0v) is 6.03. The van der Waals surface area contributed by atoms with Gasteiger partial charge in [-0.25, -0.2) is 0 Å². The molecule has 0 N–H and O–H groups in total. The first kappa shape index (κ1) is 39.0. The molecule has 0 saturated carbocycles. The van der Waals surface area contributed by atoms with Crippen LogP contribution in [0, 0.1) is 0 Å². The molecule has 0 radical (unpaired) electrons. The van der Waals surface area contributed by atoms with Crippen molar-refractivity contribution in [3.8, 4) is 0 Å². The van der Waals surface area contributed by atoms with Gasteiger partial charge < -0.3 is 0 Å². The number of hydrogen-bond acceptors (Lipinski definition) is 0. The van der Waals surface area contributed by atoms with Crippen LogP contribution in [-0.4, -0.2) is 0 Å². The van der Waals surface area contributed by atoms with Gasteiger partial charge in [0.2, 0.25) is 0 Å². The van der Waals surface area contributed by atoms with E-state index in [0.717, 1.165) is 0 Å². The van der Waals surface area contributed by atoms with Gasteiger partial charge in [0.05, 0.1) is 0 Å². The van der Waals surface area contributed by atoms with Crippen molar-refractivity contribution in [1.29, 1.82) is 0 Å². The van der Waals surface area contributed by atoms with Crippen LogP contribution < -0.4 is 0 Å². The third-order valence-corrected chi connectivity index (χ3v) is 0. The molecule has 0 aliphatic rings. The second-order valence-electron chi connectivity index (χ2n) is 0. The van der Waals surface area contributed by atoms with E-state index in [1.54, 1.807) is 0 Å². The normalized spacial score (nSPS) is 0. The van der Waals surface area contributed by atoms with Crippen LogP contribution in [0.4, 0.5) is 0 Å². The summed E-state index contributed by atoms with van der Waals surface area (Å²) < 4.78 is 0. The fourth-order valence-electron chi connectivity index (χ4n) is 0. The van der Waals surface area contributed by atoms with Crippen LogP contribution in [0.15, 0.2) is 0 Å². The smallest absolute Gasteiger partial charge is 0 e. The van der Waals surface area contributed by atoms with Gasteiger partial charge in [-0.1, -0.05) is 0 Å². The van der Waals surface area contributed by atoms with Gasteiger partial charge in [0.1, 0.15) is 0 Å². The summed E-state index contributed by atoms with van der Waals surface area (Å²) in [7, 11) is 0. The van der Waals surface area contributed by atoms with Crippen LogP contribution in [0.25, 0.3) is 0 Å². The summed E-state index contributed by atoms with van der Waals surface area (Å²) in [5, 5.41) is 0. The van der Waals surface area contributed by atoms with E-state index >= 15 is 0 Å². The van der Waals surface area contributed by atoms with Gasteiger partial charge in [0.15, 0.2) is 0 Å². The maximum atomic E-state index is 0. The molecule has 0 fully saturated rings. The van der Waals surface area contributed by atoms with E-state index in [-0.39, 0.29) is 59.4 Å². The maximum absolute atomic E-state index is 0. The Bertz CT molecular complexity index is 3.25. The Morgan fingerprint density at radius 2 is 0.500 bits per heavy atom. The summed E-state index contributed by atoms with van der Waals surface area (Å²) in [4.78, 5) is 0. The van der Waals surface area contributed by atoms with Crippen molar-refractivity contribution in [2.75, 3.05) is 0 Å². The van der Waals surface area contributed by atoms with Gasteiger partial charge in [0.25, 0.3) is 0 Å². The molecule has 38 valence electrons. The van der Waals surface area contributed by atoms with Gasteiger partial charge in [-0.05, 0) is 0 Å². The summed E-state index contributed by atoms with van der Waals surface area (Å²) >= 11 is 0. The van der Waals surface area contributed by atoms with E-state index < -0.39 is 0 Å². The molecule has 1 unspecified atom stereocenters. The average molecular weight is 210 g/mol. The van der Waals surface area contributed by atoms with E-state index in [4.69, 9.17) is 0 Å². The Hall–Kier alpha value is 1.91. The van der Waals surface area contributed by atoms with Crippen LogP contribution in [0.5, 0.6) is 0 Å². The summed E-state index contributed by atoms with van der Waals surface area (Å²) in [5.74, 6) is 0. The maximum Gasteiger partial charge on any atom is 0 e. The molecule has 0 aliphatic carbocycles. The average Bonchev–Trinajstić information content (AvgIpc) is 0. The van der Waals surface area contributed by atoms with Crippen LogP contribution in [0.2, 0.25) is 0 Å². The van der Waals surface area contributed by atoms with Crippen molar-refractivity contribution in [1.82, 2.24) is 0 Å². The van der Waals surface area contributed by atoms with Crippen molar-refractivity contribution in [2.45, 2.75) is 0 Å². The van der Waals surface area contributed by atoms with Gasteiger partial charge in [-0.2, -0.15) is 9.90 Å². The molecule has 0 amide bonds. The Morgan fingerprint density at radius 3 is 0.500 bits per heavy atom. The van der Waals surface area contributed by atoms with Gasteiger partial charge >= 0.3 is 0 Å². The van der Waals surface area contributed by atoms with Crippen molar-refractivity contribution < 1.29 is 49.5 Å². The second kappa shape index (κ2) is 20.6. The third kappa shape index (κ3) is 9.08. The van der Waals surface area contributed by atoms with E-state index in [0.29, 0.717) is 0 Å². The van der Waals surface area contributed by atoms with Crippen LogP contribution in [0.3, 0.4) is 0 Å². The van der Waals surface area contributed by atoms with E-state index in [1.807, 2.05) is 0 Å². The Kier molecular flexibility index (Phi) is 201. The summed E-state index contributed by atoms with van der Waals surface area (Å²) in [5.41, 5.74) is 0. The quantitative estimate of drug-likeness (QED) is 0.391. The number of hydrogen-bond donors (Lipinski definition) is 0. The fraction of sp³-hybridized carbons (Fsp3) is 0. The summed E-state index contributed by atoms with van der Waals surface area (Å²) in [6, 6.07) is 0. The monoisotopic (exact) mass is 208 g/mol. The molecular weight excluding hydrogens is 207 g/mol. The molecule has 4 heavy (non-hydrogen) atoms. The minimum atomic E-state index is 0. The minimum absolute atomic E-state index is 0. The van der Waals surface area contributed by atoms with E-state index in [1.165, 1.54) is 0 Å². The van der Waals surface area contributed by atoms with Gasteiger partial charge in [-0.15, -0.1) is 0 Å². The second-order valence-corrected chi connectivity index (χ2v) is 0. The van der Waals surface area contributed by atoms with Crippen LogP contribution in [0.1, 0.15) is 0 Å². The Morgan fingerprint density at radius 1 is 0.500 bits per heavy atom. The van der Waals surface area contributed by atoms with Gasteiger partial charge in [-0.3, -0.25) is 0 Å². The molecule has 0 aromatic rings. The minimum Gasteiger partial charge on any atom is -0.153 e. The first-order valence-corrected chi connectivity index (χ1v) is 0. The predicted molar refractivity (Wildman–Crippen MR) is 11.1 cm³/mol. The van der Waals surface area contributed by atoms with Gasteiger partial charge in [0, 0.05) is 49.5 Å². The predicted octanol–water partition coefficient (Wildman–Crippen LogP) is 0.0506. The molecule has 0 rings (SSSR count). The van der Waals surface area contributed by atoms with E-state index in [2.05, 4.69) is 0 Å². The summed E-state index contributed by atoms with van der Waals surface area (Å²) in [6.45, 7) is 0. The summed E-state index contributed by atoms with van der Waals surface area (Å²) in [6.07, 6.45) is 0. The van der Waals surface area contributed by atoms with Crippen molar-refractivity contribution in [3.05, 3.63) is 0 Å². The molecule has 0 aromatic carbocycles. The first-order chi connectivity index (χ1) is 0. The molecule has 0 nitrogen and oxygen atoms in total. The standard InChI is InChI=1S/3Ni.H3P/h;;;1H3. The van der Waals surface area contributed by atoms with Crippen molar-refractivity contribution >= 4 is 9.90 Å². The molecule has 0 heterocycles. The first-order valence-electron chi connectivity index (χ1n) is 0. The molecule has 0 saturated heterocycles.